The second-order valence-electron chi connectivity index (χ2n) is 9.30. The largest absolute Gasteiger partial charge is 0.416 e. The average molecular weight is 546 g/mol. The number of amides is 1. The molecule has 2 heterocycles. The molecule has 0 saturated heterocycles. The molecule has 0 spiro atoms. The number of nitrogens with zero attached hydrogens (tertiary/aromatic N) is 2. The van der Waals surface area contributed by atoms with Crippen molar-refractivity contribution >= 4 is 21.8 Å². The Bertz CT molecular complexity index is 1190. The molecule has 0 saturated carbocycles. The number of nitrogens with one attached hydrogen (secondary N) is 1. The first-order valence-corrected chi connectivity index (χ1v) is 12.3. The zero-order valence-electron chi connectivity index (χ0n) is 19.7. The van der Waals surface area contributed by atoms with Gasteiger partial charge in [0.25, 0.3) is 5.91 Å². The highest BCUT2D eigenvalue weighted by molar-refractivity contribution is 9.10. The third-order valence-electron chi connectivity index (χ3n) is 6.33. The number of carbonyl (C=O) groups excluding carboxylic acids is 1. The lowest BCUT2D eigenvalue weighted by atomic mass is 9.99. The molecule has 0 aliphatic carbocycles. The quantitative estimate of drug-likeness (QED) is 0.360. The van der Waals surface area contributed by atoms with Gasteiger partial charge in [-0.1, -0.05) is 54.0 Å². The normalized spacial score (nSPS) is 16.9. The van der Waals surface area contributed by atoms with Gasteiger partial charge >= 0.3 is 6.18 Å². The molecule has 1 unspecified atom stereocenters. The number of pyridine rings is 1. The molecule has 1 N–H and O–H groups in total. The number of aromatic nitrogens is 1. The van der Waals surface area contributed by atoms with Gasteiger partial charge in [-0.15, -0.1) is 0 Å². The lowest BCUT2D eigenvalue weighted by Gasteiger charge is -2.27. The van der Waals surface area contributed by atoms with Gasteiger partial charge in [0, 0.05) is 23.8 Å². The van der Waals surface area contributed by atoms with E-state index in [1.807, 2.05) is 37.3 Å². The molecule has 35 heavy (non-hydrogen) atoms. The summed E-state index contributed by atoms with van der Waals surface area (Å²) in [6.07, 6.45) is -2.74. The minimum Gasteiger partial charge on any atom is -0.345 e. The van der Waals surface area contributed by atoms with Crippen molar-refractivity contribution in [3.8, 4) is 0 Å². The van der Waals surface area contributed by atoms with E-state index in [2.05, 4.69) is 45.0 Å². The van der Waals surface area contributed by atoms with E-state index in [0.29, 0.717) is 18.7 Å². The predicted octanol–water partition coefficient (Wildman–Crippen LogP) is 7.07. The zero-order valence-corrected chi connectivity index (χ0v) is 21.3. The van der Waals surface area contributed by atoms with E-state index >= 15 is 0 Å². The molecule has 2 atom stereocenters. The maximum Gasteiger partial charge on any atom is 0.416 e. The molecule has 0 fully saturated rings. The fourth-order valence-electron chi connectivity index (χ4n) is 4.57. The molecule has 1 aliphatic heterocycles. The lowest BCUT2D eigenvalue weighted by molar-refractivity contribution is -0.137. The van der Waals surface area contributed by atoms with Gasteiger partial charge in [0.1, 0.15) is 0 Å². The molecule has 4 rings (SSSR count). The number of hydrogen-bond acceptors (Lipinski definition) is 3. The topological polar surface area (TPSA) is 45.2 Å². The summed E-state index contributed by atoms with van der Waals surface area (Å²) < 4.78 is 39.7. The molecule has 3 aromatic rings. The predicted molar refractivity (Wildman–Crippen MR) is 133 cm³/mol. The fourth-order valence-corrected chi connectivity index (χ4v) is 4.83. The van der Waals surface area contributed by atoms with Crippen LogP contribution in [0.5, 0.6) is 0 Å². The van der Waals surface area contributed by atoms with Crippen LogP contribution in [-0.4, -0.2) is 15.8 Å². The van der Waals surface area contributed by atoms with Gasteiger partial charge in [0.15, 0.2) is 0 Å². The van der Waals surface area contributed by atoms with Crippen LogP contribution < -0.4 is 5.32 Å². The monoisotopic (exact) mass is 545 g/mol. The van der Waals surface area contributed by atoms with Crippen LogP contribution in [0.1, 0.15) is 71.2 Å². The highest BCUT2D eigenvalue weighted by Gasteiger charge is 2.35. The van der Waals surface area contributed by atoms with Gasteiger partial charge in [-0.05, 0) is 59.9 Å². The summed E-state index contributed by atoms with van der Waals surface area (Å²) in [5.74, 6) is 0.0494. The maximum absolute atomic E-state index is 12.9. The van der Waals surface area contributed by atoms with Crippen molar-refractivity contribution in [2.24, 2.45) is 5.92 Å². The molecular weight excluding hydrogens is 519 g/mol. The summed E-state index contributed by atoms with van der Waals surface area (Å²) in [4.78, 5) is 19.8. The van der Waals surface area contributed by atoms with Gasteiger partial charge in [-0.25, -0.2) is 0 Å². The first kappa shape index (κ1) is 25.4. The van der Waals surface area contributed by atoms with Crippen LogP contribution in [0, 0.1) is 5.92 Å². The molecule has 1 amide bonds. The van der Waals surface area contributed by atoms with Gasteiger partial charge < -0.3 is 5.32 Å². The summed E-state index contributed by atoms with van der Waals surface area (Å²) >= 11 is 3.42. The zero-order chi connectivity index (χ0) is 25.3. The Hall–Kier alpha value is -2.71. The van der Waals surface area contributed by atoms with Gasteiger partial charge in [-0.2, -0.15) is 13.2 Å². The third kappa shape index (κ3) is 5.76. The first-order valence-electron chi connectivity index (χ1n) is 11.5. The molecule has 1 aromatic heterocycles. The number of halogens is 4. The summed E-state index contributed by atoms with van der Waals surface area (Å²) in [6, 6.07) is 14.8. The number of alkyl halides is 3. The molecular formula is C27H27BrF3N3O. The van der Waals surface area contributed by atoms with E-state index in [9.17, 15) is 18.0 Å². The molecule has 8 heteroatoms. The van der Waals surface area contributed by atoms with E-state index < -0.39 is 11.7 Å². The number of fused-ring (bicyclic) bond motifs is 1. The van der Waals surface area contributed by atoms with Crippen molar-refractivity contribution in [1.82, 2.24) is 15.2 Å². The van der Waals surface area contributed by atoms with Crippen LogP contribution in [0.2, 0.25) is 0 Å². The summed E-state index contributed by atoms with van der Waals surface area (Å²) in [6.45, 7) is 7.21. The van der Waals surface area contributed by atoms with Gasteiger partial charge in [0.2, 0.25) is 0 Å². The second kappa shape index (κ2) is 10.1. The Morgan fingerprint density at radius 3 is 2.37 bits per heavy atom. The average Bonchev–Trinajstić information content (AvgIpc) is 3.16. The highest BCUT2D eigenvalue weighted by atomic mass is 79.9. The molecule has 1 aliphatic rings. The Balaban J connectivity index is 1.49. The molecule has 2 aromatic carbocycles. The van der Waals surface area contributed by atoms with E-state index in [1.165, 1.54) is 12.1 Å². The van der Waals surface area contributed by atoms with Crippen molar-refractivity contribution in [2.75, 3.05) is 0 Å². The molecule has 184 valence electrons. The minimum absolute atomic E-state index is 0.0195. The second-order valence-corrected chi connectivity index (χ2v) is 10.2. The maximum atomic E-state index is 12.9. The number of hydrogen-bond donors (Lipinski definition) is 1. The van der Waals surface area contributed by atoms with Gasteiger partial charge in [-0.3, -0.25) is 14.7 Å². The Labute approximate surface area is 211 Å². The van der Waals surface area contributed by atoms with Crippen molar-refractivity contribution in [2.45, 2.75) is 52.1 Å². The first-order chi connectivity index (χ1) is 16.5. The number of benzene rings is 2. The van der Waals surface area contributed by atoms with Crippen LogP contribution in [0.15, 0.2) is 65.3 Å². The number of carbonyl (C=O) groups is 1. The van der Waals surface area contributed by atoms with Crippen molar-refractivity contribution in [1.29, 1.82) is 0 Å². The van der Waals surface area contributed by atoms with Crippen molar-refractivity contribution in [3.05, 3.63) is 98.8 Å². The molecule has 4 nitrogen and oxygen atoms in total. The minimum atomic E-state index is -4.35. The Morgan fingerprint density at radius 2 is 1.77 bits per heavy atom. The van der Waals surface area contributed by atoms with Crippen LogP contribution >= 0.6 is 15.9 Å². The van der Waals surface area contributed by atoms with E-state index in [1.54, 1.807) is 6.20 Å². The summed E-state index contributed by atoms with van der Waals surface area (Å²) in [7, 11) is 0. The summed E-state index contributed by atoms with van der Waals surface area (Å²) in [5.41, 5.74) is 3.53. The third-order valence-corrected chi connectivity index (χ3v) is 6.86. The van der Waals surface area contributed by atoms with Crippen molar-refractivity contribution < 1.29 is 18.0 Å². The Kier molecular flexibility index (Phi) is 7.33. The van der Waals surface area contributed by atoms with Crippen LogP contribution in [0.4, 0.5) is 13.2 Å². The van der Waals surface area contributed by atoms with Gasteiger partial charge in [0.05, 0.1) is 28.9 Å². The molecule has 0 radical (unpaired) electrons. The standard InChI is InChI=1S/C27H27BrF3N3O/c1-16(2)25-24-21(15-34(25)14-18-4-8-22(9-5-18)27(29,30)31)12-20(13-32-24)26(35)33-17(3)19-6-10-23(28)11-7-19/h4-13,16-17,25H,14-15H2,1-3H3,(H,33,35)/t17-,25?/m1/s1. The Morgan fingerprint density at radius 1 is 1.11 bits per heavy atom. The molecule has 0 bridgehead atoms. The highest BCUT2D eigenvalue weighted by Crippen LogP contribution is 2.39. The van der Waals surface area contributed by atoms with Crippen LogP contribution in [0.3, 0.4) is 0 Å². The van der Waals surface area contributed by atoms with E-state index in [-0.39, 0.29) is 23.9 Å². The van der Waals surface area contributed by atoms with Crippen LogP contribution in [-0.2, 0) is 19.3 Å². The fraction of sp³-hybridized carbons (Fsp3) is 0.333. The number of rotatable bonds is 6. The van der Waals surface area contributed by atoms with Crippen LogP contribution in [0.25, 0.3) is 0 Å². The van der Waals surface area contributed by atoms with E-state index in [0.717, 1.165) is 39.0 Å². The summed E-state index contributed by atoms with van der Waals surface area (Å²) in [5, 5.41) is 3.03. The van der Waals surface area contributed by atoms with Crippen molar-refractivity contribution in [3.63, 3.8) is 0 Å². The SMILES string of the molecule is CC(C)C1c2ncc(C(=O)N[C@H](C)c3ccc(Br)cc3)cc2CN1Cc1ccc(C(F)(F)F)cc1. The smallest absolute Gasteiger partial charge is 0.345 e. The van der Waals surface area contributed by atoms with E-state index in [4.69, 9.17) is 0 Å². The lowest BCUT2D eigenvalue weighted by Crippen LogP contribution is -2.27.